The Balaban J connectivity index is 1.82. The zero-order valence-electron chi connectivity index (χ0n) is 37.1. The van der Waals surface area contributed by atoms with Gasteiger partial charge in [0.05, 0.1) is 30.5 Å². The summed E-state index contributed by atoms with van der Waals surface area (Å²) in [6, 6.07) is -1.11. The summed E-state index contributed by atoms with van der Waals surface area (Å²) in [6.45, 7) is 12.5. The van der Waals surface area contributed by atoms with Crippen LogP contribution >= 0.6 is 0 Å². The molecule has 1 aliphatic carbocycles. The van der Waals surface area contributed by atoms with E-state index in [9.17, 15) is 34.5 Å². The molecule has 3 heterocycles. The number of nitrogens with zero attached hydrogens (tertiary/aromatic N) is 1. The van der Waals surface area contributed by atoms with Crippen molar-refractivity contribution in [2.24, 2.45) is 29.6 Å². The van der Waals surface area contributed by atoms with Crippen molar-refractivity contribution < 1.29 is 62.9 Å². The fourth-order valence-corrected chi connectivity index (χ4v) is 9.82. The average Bonchev–Trinajstić information content (AvgIpc) is 3.20. The second kappa shape index (κ2) is 21.9. The van der Waals surface area contributed by atoms with Gasteiger partial charge in [0.25, 0.3) is 5.91 Å². The van der Waals surface area contributed by atoms with Gasteiger partial charge in [0.1, 0.15) is 24.0 Å². The molecule has 0 radical (unpaired) electrons. The Morgan fingerprint density at radius 1 is 0.915 bits per heavy atom. The minimum atomic E-state index is -2.31. The second-order valence-corrected chi connectivity index (χ2v) is 17.9. The Hall–Kier alpha value is -2.72. The minimum Gasteiger partial charge on any atom is -0.456 e. The number of cyclic esters (lactones) is 1. The molecule has 1 saturated carbocycles. The van der Waals surface area contributed by atoms with Gasteiger partial charge in [0.15, 0.2) is 0 Å². The topological polar surface area (TPSA) is 188 Å². The van der Waals surface area contributed by atoms with Crippen molar-refractivity contribution in [1.82, 2.24) is 4.90 Å². The molecule has 2 saturated heterocycles. The van der Waals surface area contributed by atoms with E-state index in [2.05, 4.69) is 6.92 Å². The quantitative estimate of drug-likeness (QED) is 0.234. The zero-order chi connectivity index (χ0) is 43.8. The van der Waals surface area contributed by atoms with Crippen LogP contribution < -0.4 is 0 Å². The van der Waals surface area contributed by atoms with Crippen molar-refractivity contribution in [3.8, 4) is 0 Å². The molecule has 3 N–H and O–H groups in total. The van der Waals surface area contributed by atoms with E-state index in [1.54, 1.807) is 35.2 Å². The van der Waals surface area contributed by atoms with Gasteiger partial charge in [0.2, 0.25) is 11.9 Å². The molecule has 15 unspecified atom stereocenters. The first kappa shape index (κ1) is 48.9. The molecular formula is C45H73NO13. The summed E-state index contributed by atoms with van der Waals surface area (Å²) in [7, 11) is 4.66. The van der Waals surface area contributed by atoms with Crippen LogP contribution in [0.15, 0.2) is 23.3 Å². The van der Waals surface area contributed by atoms with Gasteiger partial charge >= 0.3 is 11.9 Å². The van der Waals surface area contributed by atoms with Crippen LogP contribution in [0.2, 0.25) is 0 Å². The smallest absolute Gasteiger partial charge is 0.329 e. The van der Waals surface area contributed by atoms with Gasteiger partial charge in [0, 0.05) is 59.0 Å². The number of piperidine rings is 1. The van der Waals surface area contributed by atoms with Crippen molar-refractivity contribution in [2.75, 3.05) is 27.9 Å². The maximum absolute atomic E-state index is 14.8. The lowest BCUT2D eigenvalue weighted by Gasteiger charge is -2.50. The lowest BCUT2D eigenvalue weighted by Crippen LogP contribution is -2.67. The molecule has 3 fully saturated rings. The number of amides is 1. The molecule has 2 bridgehead atoms. The fourth-order valence-electron chi connectivity index (χ4n) is 9.82. The van der Waals surface area contributed by atoms with Crippen LogP contribution in [0.25, 0.3) is 0 Å². The fraction of sp³-hybridized carbons (Fsp3) is 0.822. The number of fused-ring (bicyclic) bond motifs is 3. The maximum atomic E-state index is 14.8. The highest BCUT2D eigenvalue weighted by Crippen LogP contribution is 2.41. The van der Waals surface area contributed by atoms with Crippen molar-refractivity contribution in [3.05, 3.63) is 23.3 Å². The summed E-state index contributed by atoms with van der Waals surface area (Å²) in [5, 5.41) is 34.7. The average molecular weight is 836 g/mol. The zero-order valence-corrected chi connectivity index (χ0v) is 37.1. The third-order valence-electron chi connectivity index (χ3n) is 13.3. The van der Waals surface area contributed by atoms with Crippen LogP contribution in [0.3, 0.4) is 0 Å². The van der Waals surface area contributed by atoms with E-state index < -0.39 is 90.2 Å². The van der Waals surface area contributed by atoms with Crippen molar-refractivity contribution >= 4 is 23.6 Å². The van der Waals surface area contributed by atoms with E-state index in [1.807, 2.05) is 32.9 Å². The number of rotatable bonds is 7. The predicted molar refractivity (Wildman–Crippen MR) is 219 cm³/mol. The van der Waals surface area contributed by atoms with Gasteiger partial charge in [-0.25, -0.2) is 4.79 Å². The molecule has 0 aromatic rings. The SMILES string of the molecule is CCC1/C=C(\C)CC(C)CC(OC)C2OC(O)(C(C)CC2OC)C(OC(C)=O)C(=O)N2CCCCC2C(=O)OC(C(C)=CC2CCC(O)C(OC)C2)C(C)C(O)CC1=O. The summed E-state index contributed by atoms with van der Waals surface area (Å²) in [6.07, 6.45) is 1.95. The van der Waals surface area contributed by atoms with E-state index in [-0.39, 0.29) is 49.5 Å². The third kappa shape index (κ3) is 12.0. The molecule has 4 rings (SSSR count). The van der Waals surface area contributed by atoms with Crippen molar-refractivity contribution in [1.29, 1.82) is 0 Å². The summed E-state index contributed by atoms with van der Waals surface area (Å²) < 4.78 is 36.0. The highest BCUT2D eigenvalue weighted by atomic mass is 16.7. The largest absolute Gasteiger partial charge is 0.456 e. The summed E-state index contributed by atoms with van der Waals surface area (Å²) in [5.74, 6) is -6.65. The number of ether oxygens (including phenoxy) is 6. The normalized spacial score (nSPS) is 41.2. The third-order valence-corrected chi connectivity index (χ3v) is 13.3. The van der Waals surface area contributed by atoms with Crippen LogP contribution in [-0.4, -0.2) is 132 Å². The number of aliphatic hydroxyl groups excluding tert-OH is 2. The van der Waals surface area contributed by atoms with Gasteiger partial charge in [-0.05, 0) is 95.5 Å². The van der Waals surface area contributed by atoms with Gasteiger partial charge in [-0.1, -0.05) is 45.4 Å². The molecule has 3 aliphatic heterocycles. The van der Waals surface area contributed by atoms with Crippen molar-refractivity contribution in [2.45, 2.75) is 180 Å². The van der Waals surface area contributed by atoms with Crippen LogP contribution in [0, 0.1) is 29.6 Å². The maximum Gasteiger partial charge on any atom is 0.329 e. The number of hydrogen-bond donors (Lipinski definition) is 3. The van der Waals surface area contributed by atoms with Gasteiger partial charge in [-0.2, -0.15) is 0 Å². The van der Waals surface area contributed by atoms with Gasteiger partial charge < -0.3 is 48.6 Å². The first-order valence-electron chi connectivity index (χ1n) is 21.8. The van der Waals surface area contributed by atoms with Gasteiger partial charge in [-0.15, -0.1) is 0 Å². The monoisotopic (exact) mass is 836 g/mol. The Kier molecular flexibility index (Phi) is 18.1. The van der Waals surface area contributed by atoms with E-state index in [1.165, 1.54) is 4.90 Å². The first-order valence-corrected chi connectivity index (χ1v) is 21.8. The molecule has 4 aliphatic rings. The van der Waals surface area contributed by atoms with Crippen molar-refractivity contribution in [3.63, 3.8) is 0 Å². The molecule has 14 heteroatoms. The number of Topliss-reactive ketones (excluding diaryl/α,β-unsaturated/α-hetero) is 1. The molecular weight excluding hydrogens is 762 g/mol. The summed E-state index contributed by atoms with van der Waals surface area (Å²) in [5.41, 5.74) is 1.66. The number of carbonyl (C=O) groups is 4. The predicted octanol–water partition coefficient (Wildman–Crippen LogP) is 4.84. The Morgan fingerprint density at radius 3 is 2.20 bits per heavy atom. The first-order chi connectivity index (χ1) is 27.9. The number of allylic oxidation sites excluding steroid dienone is 3. The van der Waals surface area contributed by atoms with Crippen LogP contribution in [0.5, 0.6) is 0 Å². The van der Waals surface area contributed by atoms with E-state index in [0.29, 0.717) is 56.9 Å². The van der Waals surface area contributed by atoms with Gasteiger partial charge in [-0.3, -0.25) is 14.4 Å². The summed E-state index contributed by atoms with van der Waals surface area (Å²) in [4.78, 5) is 57.2. The molecule has 59 heavy (non-hydrogen) atoms. The number of carbonyl (C=O) groups excluding carboxylic acids is 4. The number of ketones is 1. The lowest BCUT2D eigenvalue weighted by atomic mass is 9.81. The standard InChI is InChI=1S/C45H73NO13/c1-11-32-19-25(2)18-26(3)20-38(55-9)41-39(56-10)22-28(5)45(53,59-41)42(57-30(7)47)43(51)46-17-13-12-14-33(46)44(52)58-40(29(6)35(49)24-36(32)50)27(4)21-31-15-16-34(48)37(23-31)54-8/h19,21,26,28-29,31-35,37-42,48-49,53H,11-18,20,22-24H2,1-10H3/b25-19+,27-21?. The highest BCUT2D eigenvalue weighted by Gasteiger charge is 2.58. The molecule has 0 aromatic heterocycles. The molecule has 336 valence electrons. The van der Waals surface area contributed by atoms with E-state index >= 15 is 0 Å². The molecule has 14 nitrogen and oxygen atoms in total. The molecule has 0 spiro atoms. The second-order valence-electron chi connectivity index (χ2n) is 17.9. The Labute approximate surface area is 351 Å². The Bertz CT molecular complexity index is 1500. The molecule has 1 amide bonds. The minimum absolute atomic E-state index is 0.00662. The number of aliphatic hydroxyl groups is 3. The van der Waals surface area contributed by atoms with E-state index in [0.717, 1.165) is 12.5 Å². The highest BCUT2D eigenvalue weighted by molar-refractivity contribution is 5.89. The van der Waals surface area contributed by atoms with Crippen LogP contribution in [0.1, 0.15) is 119 Å². The van der Waals surface area contributed by atoms with Crippen LogP contribution in [-0.2, 0) is 47.6 Å². The number of hydrogen-bond acceptors (Lipinski definition) is 13. The number of methoxy groups -OCH3 is 3. The van der Waals surface area contributed by atoms with E-state index in [4.69, 9.17) is 28.4 Å². The van der Waals surface area contributed by atoms with Crippen LogP contribution in [0.4, 0.5) is 0 Å². The Morgan fingerprint density at radius 2 is 1.58 bits per heavy atom. The summed E-state index contributed by atoms with van der Waals surface area (Å²) >= 11 is 0. The lowest BCUT2D eigenvalue weighted by molar-refractivity contribution is -0.347. The molecule has 0 aromatic carbocycles. The molecule has 15 atom stereocenters. The number of esters is 2.